The highest BCUT2D eigenvalue weighted by Gasteiger charge is 2.29. The molecular weight excluding hydrogens is 390 g/mol. The summed E-state index contributed by atoms with van der Waals surface area (Å²) in [4.78, 5) is 23.2. The summed E-state index contributed by atoms with van der Waals surface area (Å²) in [5.74, 6) is -2.40. The molecule has 0 unspecified atom stereocenters. The Balaban J connectivity index is 1.84. The molecule has 1 amide bonds. The lowest BCUT2D eigenvalue weighted by Crippen LogP contribution is -2.20. The lowest BCUT2D eigenvalue weighted by molar-refractivity contribution is -0.142. The van der Waals surface area contributed by atoms with Gasteiger partial charge in [0, 0.05) is 11.1 Å². The third kappa shape index (κ3) is 6.41. The number of esters is 1. The van der Waals surface area contributed by atoms with Crippen LogP contribution in [0, 0.1) is 5.82 Å². The van der Waals surface area contributed by atoms with Crippen molar-refractivity contribution in [3.8, 4) is 0 Å². The van der Waals surface area contributed by atoms with Crippen LogP contribution in [0.4, 0.5) is 23.2 Å². The number of carbonyl (C=O) groups is 2. The van der Waals surface area contributed by atoms with E-state index < -0.39 is 36.0 Å². The van der Waals surface area contributed by atoms with Crippen LogP contribution in [-0.2, 0) is 20.5 Å². The summed E-state index contributed by atoms with van der Waals surface area (Å²) in [5, 5.41) is 2.36. The Hall–Kier alpha value is -2.87. The van der Waals surface area contributed by atoms with Crippen LogP contribution >= 0.6 is 11.6 Å². The van der Waals surface area contributed by atoms with Crippen molar-refractivity contribution >= 4 is 35.2 Å². The van der Waals surface area contributed by atoms with Gasteiger partial charge in [0.2, 0.25) is 0 Å². The molecule has 0 aliphatic rings. The van der Waals surface area contributed by atoms with Crippen molar-refractivity contribution in [2.24, 2.45) is 0 Å². The molecule has 0 fully saturated rings. The van der Waals surface area contributed by atoms with Gasteiger partial charge in [-0.15, -0.1) is 0 Å². The van der Waals surface area contributed by atoms with Gasteiger partial charge in [0.05, 0.1) is 11.3 Å². The van der Waals surface area contributed by atoms with Crippen LogP contribution in [0.5, 0.6) is 0 Å². The standard InChI is InChI=1S/C18H12ClF4NO3/c19-13-6-7-15(14(20)9-13)24-16(25)10-27-17(26)8-3-11-1-4-12(5-2-11)18(21,22)23/h1-9H,10H2,(H,24,25). The topological polar surface area (TPSA) is 55.4 Å². The fraction of sp³-hybridized carbons (Fsp3) is 0.111. The van der Waals surface area contributed by atoms with Gasteiger partial charge in [-0.3, -0.25) is 4.79 Å². The maximum atomic E-state index is 13.5. The Labute approximate surface area is 156 Å². The quantitative estimate of drug-likeness (QED) is 0.449. The first-order chi connectivity index (χ1) is 12.6. The highest BCUT2D eigenvalue weighted by Crippen LogP contribution is 2.29. The SMILES string of the molecule is O=C(COC(=O)C=Cc1ccc(C(F)(F)F)cc1)Nc1ccc(Cl)cc1F. The second-order valence-corrected chi connectivity index (χ2v) is 5.67. The number of anilines is 1. The van der Waals surface area contributed by atoms with Gasteiger partial charge in [0.15, 0.2) is 6.61 Å². The first-order valence-corrected chi connectivity index (χ1v) is 7.80. The Morgan fingerprint density at radius 3 is 2.37 bits per heavy atom. The number of alkyl halides is 3. The number of nitrogens with one attached hydrogen (secondary N) is 1. The number of carbonyl (C=O) groups excluding carboxylic acids is 2. The molecule has 27 heavy (non-hydrogen) atoms. The van der Waals surface area contributed by atoms with Crippen molar-refractivity contribution in [3.05, 3.63) is 70.5 Å². The molecule has 9 heteroatoms. The monoisotopic (exact) mass is 401 g/mol. The van der Waals surface area contributed by atoms with E-state index in [0.29, 0.717) is 5.56 Å². The number of benzene rings is 2. The van der Waals surface area contributed by atoms with E-state index in [-0.39, 0.29) is 10.7 Å². The lowest BCUT2D eigenvalue weighted by Gasteiger charge is -2.07. The third-order valence-corrected chi connectivity index (χ3v) is 3.44. The zero-order chi connectivity index (χ0) is 20.0. The van der Waals surface area contributed by atoms with E-state index in [1.54, 1.807) is 0 Å². The Kier molecular flexibility index (Phi) is 6.57. The smallest absolute Gasteiger partial charge is 0.416 e. The van der Waals surface area contributed by atoms with Crippen molar-refractivity contribution in [2.75, 3.05) is 11.9 Å². The molecule has 0 aliphatic carbocycles. The fourth-order valence-electron chi connectivity index (χ4n) is 1.91. The van der Waals surface area contributed by atoms with Crippen molar-refractivity contribution in [1.82, 2.24) is 0 Å². The van der Waals surface area contributed by atoms with E-state index in [2.05, 4.69) is 10.1 Å². The molecule has 0 saturated heterocycles. The second-order valence-electron chi connectivity index (χ2n) is 5.23. The van der Waals surface area contributed by atoms with Crippen molar-refractivity contribution in [2.45, 2.75) is 6.18 Å². The molecular formula is C18H12ClF4NO3. The van der Waals surface area contributed by atoms with Gasteiger partial charge in [-0.1, -0.05) is 23.7 Å². The summed E-state index contributed by atoms with van der Waals surface area (Å²) in [6.07, 6.45) is -2.25. The average molecular weight is 402 g/mol. The zero-order valence-electron chi connectivity index (χ0n) is 13.5. The van der Waals surface area contributed by atoms with Crippen molar-refractivity contribution in [3.63, 3.8) is 0 Å². The third-order valence-electron chi connectivity index (χ3n) is 3.20. The van der Waals surface area contributed by atoms with Crippen LogP contribution in [0.2, 0.25) is 5.02 Å². The molecule has 2 aromatic carbocycles. The summed E-state index contributed by atoms with van der Waals surface area (Å²) in [7, 11) is 0. The number of ether oxygens (including phenoxy) is 1. The summed E-state index contributed by atoms with van der Waals surface area (Å²) in [6.45, 7) is -0.668. The number of hydrogen-bond donors (Lipinski definition) is 1. The van der Waals surface area contributed by atoms with Crippen LogP contribution in [0.25, 0.3) is 6.08 Å². The van der Waals surface area contributed by atoms with Gasteiger partial charge in [-0.25, -0.2) is 9.18 Å². The molecule has 4 nitrogen and oxygen atoms in total. The Morgan fingerprint density at radius 2 is 1.78 bits per heavy atom. The predicted octanol–water partition coefficient (Wildman–Crippen LogP) is 4.69. The van der Waals surface area contributed by atoms with E-state index in [9.17, 15) is 27.2 Å². The van der Waals surface area contributed by atoms with Gasteiger partial charge in [-0.2, -0.15) is 13.2 Å². The van der Waals surface area contributed by atoms with Crippen LogP contribution in [0.1, 0.15) is 11.1 Å². The zero-order valence-corrected chi connectivity index (χ0v) is 14.3. The van der Waals surface area contributed by atoms with Crippen LogP contribution in [0.3, 0.4) is 0 Å². The maximum Gasteiger partial charge on any atom is 0.416 e. The van der Waals surface area contributed by atoms with Gasteiger partial charge in [0.1, 0.15) is 5.82 Å². The Bertz CT molecular complexity index is 864. The fourth-order valence-corrected chi connectivity index (χ4v) is 2.07. The lowest BCUT2D eigenvalue weighted by atomic mass is 10.1. The van der Waals surface area contributed by atoms with Gasteiger partial charge in [-0.05, 0) is 42.0 Å². The molecule has 142 valence electrons. The minimum atomic E-state index is -4.45. The van der Waals surface area contributed by atoms with E-state index in [1.165, 1.54) is 30.3 Å². The van der Waals surface area contributed by atoms with E-state index in [1.807, 2.05) is 0 Å². The number of amides is 1. The molecule has 0 aromatic heterocycles. The van der Waals surface area contributed by atoms with Gasteiger partial charge in [0.25, 0.3) is 5.91 Å². The first-order valence-electron chi connectivity index (χ1n) is 7.42. The molecule has 0 bridgehead atoms. The largest absolute Gasteiger partial charge is 0.452 e. The molecule has 0 atom stereocenters. The van der Waals surface area contributed by atoms with Crippen molar-refractivity contribution in [1.29, 1.82) is 0 Å². The molecule has 2 rings (SSSR count). The summed E-state index contributed by atoms with van der Waals surface area (Å²) < 4.78 is 55.6. The van der Waals surface area contributed by atoms with Crippen LogP contribution < -0.4 is 5.32 Å². The van der Waals surface area contributed by atoms with E-state index >= 15 is 0 Å². The maximum absolute atomic E-state index is 13.5. The number of halogens is 5. The minimum absolute atomic E-state index is 0.124. The molecule has 0 heterocycles. The summed E-state index contributed by atoms with van der Waals surface area (Å²) in [5.41, 5.74) is -0.596. The normalized spacial score (nSPS) is 11.4. The van der Waals surface area contributed by atoms with Crippen molar-refractivity contribution < 1.29 is 31.9 Å². The minimum Gasteiger partial charge on any atom is -0.452 e. The first kappa shape index (κ1) is 20.4. The summed E-state index contributed by atoms with van der Waals surface area (Å²) >= 11 is 5.59. The molecule has 0 aliphatic heterocycles. The van der Waals surface area contributed by atoms with Gasteiger partial charge >= 0.3 is 12.1 Å². The Morgan fingerprint density at radius 1 is 1.11 bits per heavy atom. The molecule has 0 radical (unpaired) electrons. The summed E-state index contributed by atoms with van der Waals surface area (Å²) in [6, 6.07) is 7.75. The van der Waals surface area contributed by atoms with Crippen LogP contribution in [-0.4, -0.2) is 18.5 Å². The molecule has 2 aromatic rings. The molecule has 1 N–H and O–H groups in total. The average Bonchev–Trinajstić information content (AvgIpc) is 2.60. The van der Waals surface area contributed by atoms with E-state index in [4.69, 9.17) is 11.6 Å². The number of hydrogen-bond acceptors (Lipinski definition) is 3. The highest BCUT2D eigenvalue weighted by atomic mass is 35.5. The van der Waals surface area contributed by atoms with Gasteiger partial charge < -0.3 is 10.1 Å². The number of rotatable bonds is 5. The highest BCUT2D eigenvalue weighted by molar-refractivity contribution is 6.30. The predicted molar refractivity (Wildman–Crippen MR) is 91.5 cm³/mol. The molecule has 0 saturated carbocycles. The second kappa shape index (κ2) is 8.68. The van der Waals surface area contributed by atoms with Crippen LogP contribution in [0.15, 0.2) is 48.5 Å². The molecule has 0 spiro atoms. The van der Waals surface area contributed by atoms with E-state index in [0.717, 1.165) is 24.3 Å².